The van der Waals surface area contributed by atoms with E-state index in [0.29, 0.717) is 18.7 Å². The average Bonchev–Trinajstić information content (AvgIpc) is 2.89. The molecule has 0 spiro atoms. The number of halogens is 6. The molecule has 0 bridgehead atoms. The predicted octanol–water partition coefficient (Wildman–Crippen LogP) is 3.52. The third-order valence-electron chi connectivity index (χ3n) is 4.12. The van der Waals surface area contributed by atoms with Crippen LogP contribution in [0.4, 0.5) is 26.3 Å². The predicted molar refractivity (Wildman–Crippen MR) is 80.9 cm³/mol. The lowest BCUT2D eigenvalue weighted by Gasteiger charge is -2.21. The van der Waals surface area contributed by atoms with Crippen LogP contribution in [0.25, 0.3) is 0 Å². The van der Waals surface area contributed by atoms with Gasteiger partial charge >= 0.3 is 12.4 Å². The second kappa shape index (κ2) is 6.51. The lowest BCUT2D eigenvalue weighted by molar-refractivity contribution is -0.143. The van der Waals surface area contributed by atoms with Crippen molar-refractivity contribution in [1.29, 1.82) is 0 Å². The normalized spacial score (nSPS) is 16.8. The number of nitrogens with zero attached hydrogens (tertiary/aromatic N) is 3. The Morgan fingerprint density at radius 3 is 2.07 bits per heavy atom. The highest BCUT2D eigenvalue weighted by Gasteiger charge is 2.39. The van der Waals surface area contributed by atoms with Crippen LogP contribution in [-0.2, 0) is 35.5 Å². The van der Waals surface area contributed by atoms with Crippen molar-refractivity contribution in [3.05, 3.63) is 47.3 Å². The van der Waals surface area contributed by atoms with Crippen LogP contribution in [0.15, 0.2) is 35.4 Å². The molecule has 1 aromatic carbocycles. The van der Waals surface area contributed by atoms with E-state index < -0.39 is 38.4 Å². The van der Waals surface area contributed by atoms with Gasteiger partial charge in [-0.1, -0.05) is 0 Å². The molecule has 0 atom stereocenters. The van der Waals surface area contributed by atoms with E-state index in [-0.39, 0.29) is 31.3 Å². The van der Waals surface area contributed by atoms with Crippen molar-refractivity contribution in [3.63, 3.8) is 0 Å². The van der Waals surface area contributed by atoms with Crippen molar-refractivity contribution in [2.24, 2.45) is 0 Å². The second-order valence-electron chi connectivity index (χ2n) is 5.98. The van der Waals surface area contributed by atoms with E-state index in [1.54, 1.807) is 10.7 Å². The Labute approximate surface area is 150 Å². The molecule has 0 saturated carbocycles. The van der Waals surface area contributed by atoms with Crippen LogP contribution >= 0.6 is 0 Å². The van der Waals surface area contributed by atoms with Crippen LogP contribution < -0.4 is 0 Å². The van der Waals surface area contributed by atoms with Gasteiger partial charge in [0.2, 0.25) is 10.0 Å². The number of rotatable bonds is 2. The summed E-state index contributed by atoms with van der Waals surface area (Å²) < 4.78 is 106. The van der Waals surface area contributed by atoms with E-state index in [0.717, 1.165) is 4.31 Å². The quantitative estimate of drug-likeness (QED) is 0.708. The number of aromatic nitrogens is 2. The summed E-state index contributed by atoms with van der Waals surface area (Å²) >= 11 is 0. The fourth-order valence-corrected chi connectivity index (χ4v) is 4.30. The van der Waals surface area contributed by atoms with Gasteiger partial charge in [0.15, 0.2) is 0 Å². The van der Waals surface area contributed by atoms with Gasteiger partial charge in [0, 0.05) is 19.3 Å². The zero-order valence-corrected chi connectivity index (χ0v) is 14.4. The van der Waals surface area contributed by atoms with Gasteiger partial charge in [-0.2, -0.15) is 35.7 Å². The summed E-state index contributed by atoms with van der Waals surface area (Å²) in [7, 11) is -4.58. The first-order chi connectivity index (χ1) is 12.4. The van der Waals surface area contributed by atoms with Gasteiger partial charge in [-0.3, -0.25) is 4.68 Å². The van der Waals surface area contributed by atoms with Gasteiger partial charge < -0.3 is 0 Å². The highest BCUT2D eigenvalue weighted by atomic mass is 32.2. The number of hydrogen-bond donors (Lipinski definition) is 0. The minimum Gasteiger partial charge on any atom is -0.268 e. The van der Waals surface area contributed by atoms with Gasteiger partial charge in [0.05, 0.1) is 28.3 Å². The molecule has 1 aromatic heterocycles. The number of alkyl halides is 6. The van der Waals surface area contributed by atoms with E-state index in [1.165, 1.54) is 6.20 Å². The van der Waals surface area contributed by atoms with E-state index in [9.17, 15) is 34.8 Å². The fourth-order valence-electron chi connectivity index (χ4n) is 2.78. The highest BCUT2D eigenvalue weighted by Crippen LogP contribution is 2.38. The maximum Gasteiger partial charge on any atom is 0.416 e. The zero-order chi connectivity index (χ0) is 20.0. The van der Waals surface area contributed by atoms with E-state index in [2.05, 4.69) is 5.10 Å². The molecule has 1 aliphatic rings. The summed E-state index contributed by atoms with van der Waals surface area (Å²) in [5, 5.41) is 4.00. The van der Waals surface area contributed by atoms with Gasteiger partial charge in [-0.05, 0) is 30.7 Å². The fraction of sp³-hybridized carbons (Fsp3) is 0.400. The molecule has 2 aromatic rings. The van der Waals surface area contributed by atoms with Gasteiger partial charge in [-0.15, -0.1) is 0 Å². The van der Waals surface area contributed by atoms with Crippen molar-refractivity contribution >= 4 is 10.0 Å². The number of benzene rings is 1. The van der Waals surface area contributed by atoms with Gasteiger partial charge in [0.1, 0.15) is 0 Å². The van der Waals surface area contributed by atoms with Crippen LogP contribution in [0.3, 0.4) is 0 Å². The van der Waals surface area contributed by atoms with Gasteiger partial charge in [0.25, 0.3) is 0 Å². The molecule has 0 aliphatic carbocycles. The van der Waals surface area contributed by atoms with Crippen molar-refractivity contribution in [2.75, 3.05) is 6.54 Å². The van der Waals surface area contributed by atoms with Crippen LogP contribution in [0.1, 0.15) is 23.2 Å². The molecule has 0 N–H and O–H groups in total. The molecule has 2 heterocycles. The molecule has 0 amide bonds. The number of sulfonamides is 1. The lowest BCUT2D eigenvalue weighted by Crippen LogP contribution is -2.31. The topological polar surface area (TPSA) is 55.2 Å². The first kappa shape index (κ1) is 19.7. The molecule has 148 valence electrons. The third kappa shape index (κ3) is 3.95. The molecular formula is C15H13F6N3O2S. The molecule has 27 heavy (non-hydrogen) atoms. The first-order valence-electron chi connectivity index (χ1n) is 7.69. The molecular weight excluding hydrogens is 400 g/mol. The standard InChI is InChI=1S/C15H13F6N3O2S/c16-14(17,18)10-6-11(15(19,20)21)8-13(7-10)27(25,26)23-4-1-5-24-12(9-23)2-3-22-24/h2-3,6-8H,1,4-5,9H2. The molecule has 1 aliphatic heterocycles. The molecule has 0 unspecified atom stereocenters. The highest BCUT2D eigenvalue weighted by molar-refractivity contribution is 7.89. The average molecular weight is 413 g/mol. The monoisotopic (exact) mass is 413 g/mol. The van der Waals surface area contributed by atoms with Crippen LogP contribution in [0.5, 0.6) is 0 Å². The van der Waals surface area contributed by atoms with E-state index >= 15 is 0 Å². The van der Waals surface area contributed by atoms with Crippen LogP contribution in [0.2, 0.25) is 0 Å². The molecule has 5 nitrogen and oxygen atoms in total. The van der Waals surface area contributed by atoms with E-state index in [1.807, 2.05) is 0 Å². The summed E-state index contributed by atoms with van der Waals surface area (Å²) in [5.41, 5.74) is -2.84. The summed E-state index contributed by atoms with van der Waals surface area (Å²) in [5.74, 6) is 0. The Bertz CT molecular complexity index is 917. The summed E-state index contributed by atoms with van der Waals surface area (Å²) in [6, 6.07) is 1.90. The third-order valence-corrected chi connectivity index (χ3v) is 5.94. The van der Waals surface area contributed by atoms with Crippen molar-refractivity contribution in [3.8, 4) is 0 Å². The minimum absolute atomic E-state index is 0.0523. The maximum atomic E-state index is 13.0. The summed E-state index contributed by atoms with van der Waals surface area (Å²) in [6.07, 6.45) is -8.48. The largest absolute Gasteiger partial charge is 0.416 e. The Balaban J connectivity index is 2.08. The zero-order valence-electron chi connectivity index (χ0n) is 13.5. The molecule has 0 fully saturated rings. The van der Waals surface area contributed by atoms with Crippen molar-refractivity contribution in [1.82, 2.24) is 14.1 Å². The first-order valence-corrected chi connectivity index (χ1v) is 9.13. The van der Waals surface area contributed by atoms with E-state index in [4.69, 9.17) is 0 Å². The number of hydrogen-bond acceptors (Lipinski definition) is 3. The minimum atomic E-state index is -5.12. The summed E-state index contributed by atoms with van der Waals surface area (Å²) in [6.45, 7) is 0.147. The molecule has 12 heteroatoms. The Morgan fingerprint density at radius 1 is 0.926 bits per heavy atom. The lowest BCUT2D eigenvalue weighted by atomic mass is 10.1. The molecule has 3 rings (SSSR count). The Kier molecular flexibility index (Phi) is 4.75. The smallest absolute Gasteiger partial charge is 0.268 e. The second-order valence-corrected chi connectivity index (χ2v) is 7.92. The Hall–Kier alpha value is -2.08. The molecule has 0 radical (unpaired) electrons. The van der Waals surface area contributed by atoms with Crippen LogP contribution in [-0.4, -0.2) is 29.0 Å². The number of fused-ring (bicyclic) bond motifs is 1. The van der Waals surface area contributed by atoms with Gasteiger partial charge in [-0.25, -0.2) is 8.42 Å². The summed E-state index contributed by atoms with van der Waals surface area (Å²) in [4.78, 5) is -1.04. The van der Waals surface area contributed by atoms with Crippen LogP contribution in [0, 0.1) is 0 Å². The Morgan fingerprint density at radius 2 is 1.52 bits per heavy atom. The number of aryl methyl sites for hydroxylation is 1. The van der Waals surface area contributed by atoms with Crippen molar-refractivity contribution in [2.45, 2.75) is 36.8 Å². The van der Waals surface area contributed by atoms with Crippen molar-refractivity contribution < 1.29 is 34.8 Å². The maximum absolute atomic E-state index is 13.0. The molecule has 0 saturated heterocycles. The SMILES string of the molecule is O=S(=O)(c1cc(C(F)(F)F)cc(C(F)(F)F)c1)N1CCCn2nccc2C1.